The van der Waals surface area contributed by atoms with Gasteiger partial charge in [-0.1, -0.05) is 108 Å². The molecule has 0 rings (SSSR count). The lowest BCUT2D eigenvalue weighted by atomic mass is 10.1. The van der Waals surface area contributed by atoms with Gasteiger partial charge in [0.05, 0.1) is 39.9 Å². The second kappa shape index (κ2) is 28.9. The molecule has 0 heterocycles. The van der Waals surface area contributed by atoms with Crippen LogP contribution in [0.25, 0.3) is 0 Å². The van der Waals surface area contributed by atoms with Crippen molar-refractivity contribution >= 4 is 13.7 Å². The maximum atomic E-state index is 12.7. The first kappa shape index (κ1) is 43.7. The first-order valence-electron chi connectivity index (χ1n) is 17.9. The van der Waals surface area contributed by atoms with E-state index in [2.05, 4.69) is 43.5 Å². The average Bonchev–Trinajstić information content (AvgIpc) is 2.97. The van der Waals surface area contributed by atoms with Crippen molar-refractivity contribution in [2.24, 2.45) is 0 Å². The Balaban J connectivity index is 4.63. The highest BCUT2D eigenvalue weighted by Gasteiger charge is 2.27. The molecular formula is C36H70N2O6P+. The van der Waals surface area contributed by atoms with Crippen molar-refractivity contribution in [2.45, 2.75) is 148 Å². The van der Waals surface area contributed by atoms with Gasteiger partial charge in [-0.15, -0.1) is 0 Å². The van der Waals surface area contributed by atoms with Crippen LogP contribution >= 0.6 is 7.82 Å². The predicted molar refractivity (Wildman–Crippen MR) is 189 cm³/mol. The largest absolute Gasteiger partial charge is 0.472 e. The molecule has 3 atom stereocenters. The zero-order chi connectivity index (χ0) is 33.7. The van der Waals surface area contributed by atoms with Gasteiger partial charge in [-0.05, 0) is 57.8 Å². The van der Waals surface area contributed by atoms with E-state index in [0.717, 1.165) is 51.4 Å². The molecule has 45 heavy (non-hydrogen) atoms. The number of allylic oxidation sites excluding steroid dienone is 5. The number of likely N-dealkylation sites (N-methyl/N-ethyl adjacent to an activating group) is 1. The molecule has 0 aromatic carbocycles. The Bertz CT molecular complexity index is 840. The van der Waals surface area contributed by atoms with Crippen LogP contribution in [0.15, 0.2) is 36.5 Å². The van der Waals surface area contributed by atoms with E-state index in [1.54, 1.807) is 6.08 Å². The summed E-state index contributed by atoms with van der Waals surface area (Å²) in [5, 5.41) is 13.6. The first-order valence-corrected chi connectivity index (χ1v) is 19.4. The van der Waals surface area contributed by atoms with E-state index in [1.165, 1.54) is 64.2 Å². The number of nitrogens with one attached hydrogen (secondary N) is 1. The third kappa shape index (κ3) is 31.1. The first-order chi connectivity index (χ1) is 21.5. The molecule has 0 spiro atoms. The number of carbonyl (C=O) groups is 1. The van der Waals surface area contributed by atoms with Gasteiger partial charge in [-0.3, -0.25) is 13.8 Å². The number of phosphoric acid groups is 1. The Morgan fingerprint density at radius 3 is 1.78 bits per heavy atom. The van der Waals surface area contributed by atoms with Gasteiger partial charge in [0.2, 0.25) is 5.91 Å². The molecule has 0 aliphatic heterocycles. The quantitative estimate of drug-likeness (QED) is 0.0298. The van der Waals surface area contributed by atoms with E-state index in [9.17, 15) is 19.4 Å². The van der Waals surface area contributed by atoms with Gasteiger partial charge in [0.15, 0.2) is 0 Å². The van der Waals surface area contributed by atoms with Crippen LogP contribution in [0.2, 0.25) is 0 Å². The molecule has 1 amide bonds. The van der Waals surface area contributed by atoms with Crippen molar-refractivity contribution in [2.75, 3.05) is 40.9 Å². The minimum absolute atomic E-state index is 0.0538. The fraction of sp³-hybridized carbons (Fsp3) is 0.806. The molecule has 0 aliphatic rings. The number of quaternary nitrogens is 1. The van der Waals surface area contributed by atoms with E-state index >= 15 is 0 Å². The van der Waals surface area contributed by atoms with Gasteiger partial charge in [0.1, 0.15) is 13.2 Å². The minimum atomic E-state index is -4.33. The number of unbranched alkanes of at least 4 members (excludes halogenated alkanes) is 14. The summed E-state index contributed by atoms with van der Waals surface area (Å²) in [7, 11) is 1.54. The van der Waals surface area contributed by atoms with Crippen LogP contribution in [0.4, 0.5) is 0 Å². The van der Waals surface area contributed by atoms with Crippen LogP contribution in [0, 0.1) is 0 Å². The highest BCUT2D eigenvalue weighted by atomic mass is 31.2. The summed E-state index contributed by atoms with van der Waals surface area (Å²) in [5.74, 6) is -0.202. The van der Waals surface area contributed by atoms with Gasteiger partial charge >= 0.3 is 7.82 Å². The Kier molecular flexibility index (Phi) is 28.1. The second-order valence-corrected chi connectivity index (χ2v) is 14.7. The van der Waals surface area contributed by atoms with E-state index in [4.69, 9.17) is 9.05 Å². The number of aliphatic hydroxyl groups is 1. The molecule has 0 radical (unpaired) electrons. The fourth-order valence-electron chi connectivity index (χ4n) is 4.64. The van der Waals surface area contributed by atoms with Crippen LogP contribution in [0.1, 0.15) is 136 Å². The van der Waals surface area contributed by atoms with E-state index < -0.39 is 20.0 Å². The number of rotatable bonds is 31. The SMILES string of the molecule is CCCCCC/C=C/CC/C=C/[C@@H](O)[C@H](COP(=O)(O)OCC[N+](C)(C)C)NC(=O)CCCCCCC/C=C/CCCCCC. The van der Waals surface area contributed by atoms with Crippen LogP contribution in [-0.4, -0.2) is 73.4 Å². The van der Waals surface area contributed by atoms with Gasteiger partial charge in [0, 0.05) is 6.42 Å². The van der Waals surface area contributed by atoms with Gasteiger partial charge < -0.3 is 19.8 Å². The second-order valence-electron chi connectivity index (χ2n) is 13.2. The summed E-state index contributed by atoms with van der Waals surface area (Å²) in [6, 6.07) is -0.862. The molecular weight excluding hydrogens is 587 g/mol. The van der Waals surface area contributed by atoms with Gasteiger partial charge in [0.25, 0.3) is 0 Å². The Labute approximate surface area is 276 Å². The maximum Gasteiger partial charge on any atom is 0.472 e. The lowest BCUT2D eigenvalue weighted by molar-refractivity contribution is -0.870. The Hall–Kier alpha value is -1.28. The average molecular weight is 658 g/mol. The molecule has 1 unspecified atom stereocenters. The van der Waals surface area contributed by atoms with Gasteiger partial charge in [-0.25, -0.2) is 4.57 Å². The number of amides is 1. The Morgan fingerprint density at radius 1 is 0.733 bits per heavy atom. The molecule has 3 N–H and O–H groups in total. The van der Waals surface area contributed by atoms with Crippen LogP contribution in [-0.2, 0) is 18.4 Å². The lowest BCUT2D eigenvalue weighted by Gasteiger charge is -2.25. The van der Waals surface area contributed by atoms with Crippen molar-refractivity contribution in [1.82, 2.24) is 5.32 Å². The third-order valence-electron chi connectivity index (χ3n) is 7.58. The van der Waals surface area contributed by atoms with Crippen molar-refractivity contribution in [3.8, 4) is 0 Å². The summed E-state index contributed by atoms with van der Waals surface area (Å²) >= 11 is 0. The third-order valence-corrected chi connectivity index (χ3v) is 8.57. The molecule has 8 nitrogen and oxygen atoms in total. The highest BCUT2D eigenvalue weighted by molar-refractivity contribution is 7.47. The number of carbonyl (C=O) groups excluding carboxylic acids is 1. The minimum Gasteiger partial charge on any atom is -0.387 e. The molecule has 0 aromatic rings. The van der Waals surface area contributed by atoms with E-state index in [1.807, 2.05) is 27.2 Å². The molecule has 0 aliphatic carbocycles. The summed E-state index contributed by atoms with van der Waals surface area (Å²) in [5.41, 5.74) is 0. The smallest absolute Gasteiger partial charge is 0.387 e. The summed E-state index contributed by atoms with van der Waals surface area (Å²) in [6.45, 7) is 4.69. The van der Waals surface area contributed by atoms with Crippen molar-refractivity contribution in [3.05, 3.63) is 36.5 Å². The topological polar surface area (TPSA) is 105 Å². The molecule has 0 aromatic heterocycles. The number of aliphatic hydroxyl groups excluding tert-OH is 1. The van der Waals surface area contributed by atoms with Crippen molar-refractivity contribution in [1.29, 1.82) is 0 Å². The molecule has 0 fully saturated rings. The van der Waals surface area contributed by atoms with Gasteiger partial charge in [-0.2, -0.15) is 0 Å². The number of hydrogen-bond donors (Lipinski definition) is 3. The number of hydrogen-bond acceptors (Lipinski definition) is 5. The number of nitrogens with zero attached hydrogens (tertiary/aromatic N) is 1. The van der Waals surface area contributed by atoms with E-state index in [-0.39, 0.29) is 19.1 Å². The molecule has 264 valence electrons. The lowest BCUT2D eigenvalue weighted by Crippen LogP contribution is -2.45. The molecule has 0 bridgehead atoms. The summed E-state index contributed by atoms with van der Waals surface area (Å²) in [6.07, 6.45) is 32.1. The summed E-state index contributed by atoms with van der Waals surface area (Å²) < 4.78 is 23.3. The van der Waals surface area contributed by atoms with Crippen molar-refractivity contribution in [3.63, 3.8) is 0 Å². The standard InChI is InChI=1S/C36H69N2O6P/c1-6-8-10-12-14-16-18-19-20-22-24-26-28-30-36(40)37-34(33-44-45(41,42)43-32-31-38(3,4)5)35(39)29-27-25-23-21-17-15-13-11-9-7-2/h16-18,21,27,29,34-35,39H,6-15,19-20,22-26,28,30-33H2,1-5H3,(H-,37,40,41,42)/p+1/b18-16+,21-17+,29-27+/t34-,35+/m0/s1. The predicted octanol–water partition coefficient (Wildman–Crippen LogP) is 8.79. The summed E-state index contributed by atoms with van der Waals surface area (Å²) in [4.78, 5) is 22.9. The molecule has 9 heteroatoms. The highest BCUT2D eigenvalue weighted by Crippen LogP contribution is 2.43. The monoisotopic (exact) mass is 657 g/mol. The van der Waals surface area contributed by atoms with Crippen LogP contribution in [0.5, 0.6) is 0 Å². The molecule has 0 saturated heterocycles. The zero-order valence-corrected chi connectivity index (χ0v) is 30.5. The number of phosphoric ester groups is 1. The zero-order valence-electron chi connectivity index (χ0n) is 29.6. The van der Waals surface area contributed by atoms with E-state index in [0.29, 0.717) is 17.4 Å². The van der Waals surface area contributed by atoms with Crippen molar-refractivity contribution < 1.29 is 32.9 Å². The normalized spacial score (nSPS) is 15.3. The maximum absolute atomic E-state index is 12.7. The molecule has 0 saturated carbocycles. The Morgan fingerprint density at radius 2 is 1.22 bits per heavy atom. The van der Waals surface area contributed by atoms with Crippen LogP contribution < -0.4 is 5.32 Å². The fourth-order valence-corrected chi connectivity index (χ4v) is 5.37. The van der Waals surface area contributed by atoms with Crippen LogP contribution in [0.3, 0.4) is 0 Å².